The maximum atomic E-state index is 10.7. The molecule has 1 aliphatic rings. The van der Waals surface area contributed by atoms with Gasteiger partial charge in [0.05, 0.1) is 0 Å². The second kappa shape index (κ2) is 4.63. The third-order valence-electron chi connectivity index (χ3n) is 1.98. The first kappa shape index (κ1) is 12.0. The number of aliphatic carboxylic acids is 2. The van der Waals surface area contributed by atoms with E-state index in [1.165, 1.54) is 18.2 Å². The summed E-state index contributed by atoms with van der Waals surface area (Å²) in [6.45, 7) is 3.11. The zero-order valence-corrected chi connectivity index (χ0v) is 8.16. The van der Waals surface area contributed by atoms with Gasteiger partial charge in [0, 0.05) is 0 Å². The number of carbonyl (C=O) groups is 2. The van der Waals surface area contributed by atoms with Crippen LogP contribution in [0.15, 0.2) is 36.3 Å². The third-order valence-corrected chi connectivity index (χ3v) is 1.98. The number of rotatable bonds is 4. The molecule has 3 N–H and O–H groups in total. The topological polar surface area (TPSA) is 104 Å². The van der Waals surface area contributed by atoms with Gasteiger partial charge < -0.3 is 20.1 Å². The maximum absolute atomic E-state index is 10.7. The molecule has 6 heteroatoms. The van der Waals surface area contributed by atoms with Crippen molar-refractivity contribution in [1.29, 1.82) is 0 Å². The Kier molecular flexibility index (Phi) is 3.47. The van der Waals surface area contributed by atoms with E-state index >= 15 is 0 Å². The molecule has 0 unspecified atom stereocenters. The van der Waals surface area contributed by atoms with E-state index in [0.29, 0.717) is 0 Å². The molecule has 0 aliphatic heterocycles. The van der Waals surface area contributed by atoms with Crippen molar-refractivity contribution in [3.8, 4) is 0 Å². The van der Waals surface area contributed by atoms with Crippen LogP contribution >= 0.6 is 0 Å². The highest BCUT2D eigenvalue weighted by Crippen LogP contribution is 2.22. The largest absolute Gasteiger partial charge is 0.481 e. The molecule has 1 rings (SSSR count). The molecule has 0 heterocycles. The lowest BCUT2D eigenvalue weighted by molar-refractivity contribution is -0.143. The fraction of sp³-hybridized carbons (Fsp3) is 0.200. The second-order valence-corrected chi connectivity index (χ2v) is 3.09. The Labute approximate surface area is 90.8 Å². The molecule has 86 valence electrons. The SMILES string of the molecule is C=C(OC1=CC=C[C@H](C(=O)O)[C@H]1O)C(=O)O. The van der Waals surface area contributed by atoms with Crippen LogP contribution in [0.4, 0.5) is 0 Å². The smallest absolute Gasteiger partial charge is 0.371 e. The number of ether oxygens (including phenoxy) is 1. The zero-order chi connectivity index (χ0) is 12.3. The molecule has 0 saturated carbocycles. The molecule has 0 saturated heterocycles. The quantitative estimate of drug-likeness (QED) is 0.464. The molecule has 1 aliphatic carbocycles. The van der Waals surface area contributed by atoms with Crippen molar-refractivity contribution < 1.29 is 29.6 Å². The van der Waals surface area contributed by atoms with E-state index < -0.39 is 29.7 Å². The van der Waals surface area contributed by atoms with Gasteiger partial charge in [0.2, 0.25) is 5.76 Å². The number of hydrogen-bond acceptors (Lipinski definition) is 4. The van der Waals surface area contributed by atoms with Crippen LogP contribution in [-0.4, -0.2) is 33.4 Å². The maximum Gasteiger partial charge on any atom is 0.371 e. The van der Waals surface area contributed by atoms with Crippen molar-refractivity contribution in [2.24, 2.45) is 5.92 Å². The van der Waals surface area contributed by atoms with Crippen LogP contribution < -0.4 is 0 Å². The van der Waals surface area contributed by atoms with E-state index in [9.17, 15) is 14.7 Å². The van der Waals surface area contributed by atoms with E-state index in [0.717, 1.165) is 0 Å². The summed E-state index contributed by atoms with van der Waals surface area (Å²) < 4.78 is 4.75. The minimum Gasteiger partial charge on any atom is -0.481 e. The molecule has 0 fully saturated rings. The molecule has 0 radical (unpaired) electrons. The van der Waals surface area contributed by atoms with Gasteiger partial charge in [-0.25, -0.2) is 4.79 Å². The molecule has 6 nitrogen and oxygen atoms in total. The summed E-state index contributed by atoms with van der Waals surface area (Å²) in [5, 5.41) is 26.8. The predicted octanol–water partition coefficient (Wildman–Crippen LogP) is 0.117. The summed E-state index contributed by atoms with van der Waals surface area (Å²) in [4.78, 5) is 21.1. The van der Waals surface area contributed by atoms with Crippen LogP contribution in [-0.2, 0) is 14.3 Å². The van der Waals surface area contributed by atoms with Gasteiger partial charge in [-0.1, -0.05) is 12.2 Å². The van der Waals surface area contributed by atoms with Crippen LogP contribution in [0.1, 0.15) is 0 Å². The van der Waals surface area contributed by atoms with E-state index in [2.05, 4.69) is 6.58 Å². The summed E-state index contributed by atoms with van der Waals surface area (Å²) in [6, 6.07) is 0. The minimum atomic E-state index is -1.42. The first-order valence-electron chi connectivity index (χ1n) is 4.32. The average Bonchev–Trinajstić information content (AvgIpc) is 2.20. The van der Waals surface area contributed by atoms with Crippen LogP contribution in [0, 0.1) is 5.92 Å². The van der Waals surface area contributed by atoms with Crippen molar-refractivity contribution in [2.45, 2.75) is 6.10 Å². The molecular formula is C10H10O6. The van der Waals surface area contributed by atoms with Crippen molar-refractivity contribution in [3.63, 3.8) is 0 Å². The minimum absolute atomic E-state index is 0.151. The molecule has 0 aromatic carbocycles. The Hall–Kier alpha value is -2.08. The standard InChI is InChI=1S/C10H10O6/c1-5(9(12)13)16-7-4-2-3-6(8(7)11)10(14)15/h2-4,6,8,11H,1H2,(H,12,13)(H,14,15)/t6-,8+/m0/s1. The summed E-state index contributed by atoms with van der Waals surface area (Å²) in [5.74, 6) is -4.48. The van der Waals surface area contributed by atoms with Gasteiger partial charge in [-0.3, -0.25) is 4.79 Å². The number of aliphatic hydroxyl groups excluding tert-OH is 1. The molecule has 2 atom stereocenters. The Bertz CT molecular complexity index is 392. The van der Waals surface area contributed by atoms with Crippen LogP contribution in [0.5, 0.6) is 0 Å². The summed E-state index contributed by atoms with van der Waals surface area (Å²) >= 11 is 0. The Morgan fingerprint density at radius 2 is 2.00 bits per heavy atom. The van der Waals surface area contributed by atoms with E-state index in [1.54, 1.807) is 0 Å². The van der Waals surface area contributed by atoms with Gasteiger partial charge in [-0.15, -0.1) is 0 Å². The lowest BCUT2D eigenvalue weighted by Gasteiger charge is -2.21. The lowest BCUT2D eigenvalue weighted by atomic mass is 9.96. The first-order chi connectivity index (χ1) is 7.43. The summed E-state index contributed by atoms with van der Waals surface area (Å²) in [5.41, 5.74) is 0. The Balaban J connectivity index is 2.79. The monoisotopic (exact) mass is 226 g/mol. The second-order valence-electron chi connectivity index (χ2n) is 3.09. The van der Waals surface area contributed by atoms with Crippen LogP contribution in [0.25, 0.3) is 0 Å². The molecule has 0 spiro atoms. The van der Waals surface area contributed by atoms with Gasteiger partial charge in [0.15, 0.2) is 0 Å². The van der Waals surface area contributed by atoms with Crippen molar-refractivity contribution in [1.82, 2.24) is 0 Å². The van der Waals surface area contributed by atoms with Crippen LogP contribution in [0.2, 0.25) is 0 Å². The summed E-state index contributed by atoms with van der Waals surface area (Å²) in [7, 11) is 0. The molecule has 0 amide bonds. The third kappa shape index (κ3) is 2.48. The van der Waals surface area contributed by atoms with Gasteiger partial charge in [-0.2, -0.15) is 0 Å². The van der Waals surface area contributed by atoms with E-state index in [4.69, 9.17) is 14.9 Å². The van der Waals surface area contributed by atoms with E-state index in [1.807, 2.05) is 0 Å². The van der Waals surface area contributed by atoms with Gasteiger partial charge in [0.25, 0.3) is 0 Å². The molecule has 0 aromatic heterocycles. The lowest BCUT2D eigenvalue weighted by Crippen LogP contribution is -2.31. The highest BCUT2D eigenvalue weighted by Gasteiger charge is 2.31. The number of hydrogen-bond donors (Lipinski definition) is 3. The van der Waals surface area contributed by atoms with Crippen LogP contribution in [0.3, 0.4) is 0 Å². The average molecular weight is 226 g/mol. The summed E-state index contributed by atoms with van der Waals surface area (Å²) in [6.07, 6.45) is 2.52. The fourth-order valence-corrected chi connectivity index (χ4v) is 1.15. The first-order valence-corrected chi connectivity index (χ1v) is 4.32. The normalized spacial score (nSPS) is 23.4. The molecule has 0 aromatic rings. The molecular weight excluding hydrogens is 216 g/mol. The predicted molar refractivity (Wildman–Crippen MR) is 52.2 cm³/mol. The highest BCUT2D eigenvalue weighted by molar-refractivity contribution is 5.83. The number of allylic oxidation sites excluding steroid dienone is 2. The zero-order valence-electron chi connectivity index (χ0n) is 8.16. The highest BCUT2D eigenvalue weighted by atomic mass is 16.5. The van der Waals surface area contributed by atoms with Gasteiger partial charge in [0.1, 0.15) is 17.8 Å². The fourth-order valence-electron chi connectivity index (χ4n) is 1.15. The van der Waals surface area contributed by atoms with Crippen molar-refractivity contribution in [2.75, 3.05) is 0 Å². The van der Waals surface area contributed by atoms with Gasteiger partial charge in [-0.05, 0) is 12.7 Å². The van der Waals surface area contributed by atoms with Crippen molar-refractivity contribution >= 4 is 11.9 Å². The molecule has 16 heavy (non-hydrogen) atoms. The Morgan fingerprint density at radius 1 is 1.38 bits per heavy atom. The number of carboxylic acid groups (broad SMARTS) is 2. The number of carboxylic acids is 2. The van der Waals surface area contributed by atoms with Crippen molar-refractivity contribution in [3.05, 3.63) is 36.3 Å². The Morgan fingerprint density at radius 3 is 2.50 bits per heavy atom. The van der Waals surface area contributed by atoms with Gasteiger partial charge >= 0.3 is 11.9 Å². The number of aliphatic hydroxyl groups is 1. The molecule has 0 bridgehead atoms. The van der Waals surface area contributed by atoms with E-state index in [-0.39, 0.29) is 5.76 Å².